The van der Waals surface area contributed by atoms with Gasteiger partial charge in [0.1, 0.15) is 0 Å². The Kier molecular flexibility index (Phi) is 10.1. The van der Waals surface area contributed by atoms with Crippen LogP contribution in [0.4, 0.5) is 0 Å². The number of hydrogen-bond acceptors (Lipinski definition) is 0. The summed E-state index contributed by atoms with van der Waals surface area (Å²) in [7, 11) is 0. The van der Waals surface area contributed by atoms with Gasteiger partial charge in [-0.05, 0) is 0 Å². The topological polar surface area (TPSA) is 0 Å². The van der Waals surface area contributed by atoms with E-state index in [9.17, 15) is 0 Å². The molecule has 0 saturated carbocycles. The van der Waals surface area contributed by atoms with Crippen molar-refractivity contribution in [3.8, 4) is 0 Å². The largest absolute Gasteiger partial charge is 0.0623 e. The summed E-state index contributed by atoms with van der Waals surface area (Å²) in [6, 6.07) is 12.0. The van der Waals surface area contributed by atoms with E-state index in [0.717, 1.165) is 0 Å². The van der Waals surface area contributed by atoms with E-state index in [0.29, 0.717) is 0 Å². The number of benzene rings is 1. The Morgan fingerprint density at radius 2 is 0.846 bits per heavy atom. The molecule has 0 aliphatic rings. The Balaban J connectivity index is 0.000000223. The second kappa shape index (κ2) is 10.1. The van der Waals surface area contributed by atoms with Crippen LogP contribution in [-0.2, 0) is 0 Å². The minimum Gasteiger partial charge on any atom is -0.0623 e. The quantitative estimate of drug-likeness (QED) is 0.737. The van der Waals surface area contributed by atoms with E-state index >= 15 is 0 Å². The van der Waals surface area contributed by atoms with Crippen molar-refractivity contribution < 1.29 is 0 Å². The van der Waals surface area contributed by atoms with Gasteiger partial charge in [0.2, 0.25) is 0 Å². The predicted molar refractivity (Wildman–Crippen MR) is 65.0 cm³/mol. The normalized spacial score (nSPS) is 9.23. The summed E-state index contributed by atoms with van der Waals surface area (Å²) >= 11 is -0.764. The van der Waals surface area contributed by atoms with Crippen LogP contribution in [0.25, 0.3) is 0 Å². The molecule has 0 amide bonds. The predicted octanol–water partition coefficient (Wildman–Crippen LogP) is 3.96. The van der Waals surface area contributed by atoms with Gasteiger partial charge in [-0.2, -0.15) is 0 Å². The molecule has 0 spiro atoms. The summed E-state index contributed by atoms with van der Waals surface area (Å²) in [6.07, 6.45) is 0. The zero-order chi connectivity index (χ0) is 9.94. The average Bonchev–Trinajstić information content (AvgIpc) is 2.24. The third-order valence-corrected chi connectivity index (χ3v) is 12.3. The molecule has 0 heterocycles. The van der Waals surface area contributed by atoms with E-state index in [1.807, 2.05) is 36.4 Å². The first-order valence-corrected chi connectivity index (χ1v) is 12.3. The summed E-state index contributed by atoms with van der Waals surface area (Å²) in [5, 5.41) is 0. The standard InChI is InChI=1S/C6H6.3C2H5.Sn.H/c1-2-4-6-5-3-1;3*1-2;;/h1-6H;3*1H2,2H3;;. The van der Waals surface area contributed by atoms with Crippen molar-refractivity contribution >= 4 is 19.8 Å². The first-order chi connectivity index (χ1) is 6.35. The molecule has 0 nitrogen and oxygen atoms in total. The van der Waals surface area contributed by atoms with Crippen molar-refractivity contribution in [2.24, 2.45) is 0 Å². The number of rotatable bonds is 3. The first-order valence-electron chi connectivity index (χ1n) is 5.35. The molecule has 0 bridgehead atoms. The van der Waals surface area contributed by atoms with Gasteiger partial charge in [0, 0.05) is 0 Å². The van der Waals surface area contributed by atoms with E-state index < -0.39 is 19.8 Å². The maximum atomic E-state index is 2.35. The van der Waals surface area contributed by atoms with Crippen LogP contribution in [0.1, 0.15) is 20.8 Å². The zero-order valence-electron chi connectivity index (χ0n) is 9.16. The van der Waals surface area contributed by atoms with E-state index in [1.165, 1.54) is 0 Å². The molecule has 0 aliphatic heterocycles. The molecule has 74 valence electrons. The summed E-state index contributed by atoms with van der Waals surface area (Å²) in [4.78, 5) is 0. The van der Waals surface area contributed by atoms with Crippen molar-refractivity contribution in [1.29, 1.82) is 0 Å². The van der Waals surface area contributed by atoms with Gasteiger partial charge in [-0.1, -0.05) is 36.4 Å². The van der Waals surface area contributed by atoms with E-state index in [4.69, 9.17) is 0 Å². The third kappa shape index (κ3) is 8.35. The molecule has 13 heavy (non-hydrogen) atoms. The van der Waals surface area contributed by atoms with Gasteiger partial charge < -0.3 is 0 Å². The summed E-state index contributed by atoms with van der Waals surface area (Å²) in [5.74, 6) is 0. The molecule has 0 unspecified atom stereocenters. The first kappa shape index (κ1) is 13.0. The van der Waals surface area contributed by atoms with Gasteiger partial charge in [0.25, 0.3) is 0 Å². The van der Waals surface area contributed by atoms with Crippen molar-refractivity contribution in [2.75, 3.05) is 0 Å². The molecule has 0 N–H and O–H groups in total. The second-order valence-electron chi connectivity index (χ2n) is 3.25. The van der Waals surface area contributed by atoms with Gasteiger partial charge in [-0.25, -0.2) is 0 Å². The molecule has 1 heteroatoms. The SMILES string of the molecule is C[CH2][SnH]([CH2]C)[CH2]C.c1ccccc1. The Hall–Kier alpha value is 0.0187. The summed E-state index contributed by atoms with van der Waals surface area (Å²) < 4.78 is 4.69. The van der Waals surface area contributed by atoms with Gasteiger partial charge in [-0.15, -0.1) is 0 Å². The van der Waals surface area contributed by atoms with Crippen LogP contribution < -0.4 is 0 Å². The van der Waals surface area contributed by atoms with Crippen molar-refractivity contribution in [3.05, 3.63) is 36.4 Å². The summed E-state index contributed by atoms with van der Waals surface area (Å²) in [5.41, 5.74) is 0. The third-order valence-electron chi connectivity index (χ3n) is 2.40. The van der Waals surface area contributed by atoms with Gasteiger partial charge in [0.15, 0.2) is 0 Å². The molecule has 0 aliphatic carbocycles. The van der Waals surface area contributed by atoms with E-state index in [-0.39, 0.29) is 0 Å². The summed E-state index contributed by atoms with van der Waals surface area (Å²) in [6.45, 7) is 7.06. The van der Waals surface area contributed by atoms with Crippen LogP contribution in [0.2, 0.25) is 13.3 Å². The Labute approximate surface area is 90.1 Å². The zero-order valence-corrected chi connectivity index (χ0v) is 12.5. The van der Waals surface area contributed by atoms with Gasteiger partial charge in [-0.3, -0.25) is 0 Å². The minimum atomic E-state index is -0.764. The van der Waals surface area contributed by atoms with Crippen LogP contribution in [0.15, 0.2) is 36.4 Å². The molecule has 0 aromatic heterocycles. The van der Waals surface area contributed by atoms with Crippen LogP contribution >= 0.6 is 0 Å². The van der Waals surface area contributed by atoms with Crippen LogP contribution in [0.5, 0.6) is 0 Å². The number of hydrogen-bond donors (Lipinski definition) is 0. The average molecular weight is 285 g/mol. The maximum absolute atomic E-state index is 2.35. The smallest absolute Gasteiger partial charge is 0.0623 e. The Morgan fingerprint density at radius 3 is 0.923 bits per heavy atom. The molecule has 0 radical (unpaired) electrons. The molecule has 1 aromatic carbocycles. The fourth-order valence-corrected chi connectivity index (χ4v) is 6.19. The fourth-order valence-electron chi connectivity index (χ4n) is 1.25. The van der Waals surface area contributed by atoms with Gasteiger partial charge >= 0.3 is 53.8 Å². The molecule has 1 rings (SSSR count). The van der Waals surface area contributed by atoms with Crippen molar-refractivity contribution in [1.82, 2.24) is 0 Å². The van der Waals surface area contributed by atoms with Gasteiger partial charge in [0.05, 0.1) is 0 Å². The second-order valence-corrected chi connectivity index (χ2v) is 15.2. The van der Waals surface area contributed by atoms with Crippen molar-refractivity contribution in [2.45, 2.75) is 34.1 Å². The van der Waals surface area contributed by atoms with Crippen LogP contribution in [-0.4, -0.2) is 19.8 Å². The molecule has 0 fully saturated rings. The Bertz CT molecular complexity index is 136. The molecule has 1 aromatic rings. The van der Waals surface area contributed by atoms with Crippen molar-refractivity contribution in [3.63, 3.8) is 0 Å². The maximum Gasteiger partial charge on any atom is -0.0623 e. The Morgan fingerprint density at radius 1 is 0.615 bits per heavy atom. The minimum absolute atomic E-state index is 0.764. The van der Waals surface area contributed by atoms with Crippen LogP contribution in [0.3, 0.4) is 0 Å². The van der Waals surface area contributed by atoms with E-state index in [1.54, 1.807) is 13.3 Å². The molecule has 0 atom stereocenters. The molecular weight excluding hydrogens is 263 g/mol. The molecule has 0 saturated heterocycles. The monoisotopic (exact) mass is 286 g/mol. The fraction of sp³-hybridized carbons (Fsp3) is 0.500. The molecular formula is C12H22Sn. The van der Waals surface area contributed by atoms with E-state index in [2.05, 4.69) is 20.8 Å². The van der Waals surface area contributed by atoms with Crippen LogP contribution in [0, 0.1) is 0 Å².